The Morgan fingerprint density at radius 1 is 1.38 bits per heavy atom. The minimum absolute atomic E-state index is 0.165. The Balaban J connectivity index is 1.64. The molecule has 2 aliphatic rings. The fraction of sp³-hybridized carbons (Fsp3) is 0.526. The second kappa shape index (κ2) is 8.06. The molecule has 0 spiro atoms. The minimum Gasteiger partial charge on any atom is -0.483 e. The number of likely N-dealkylation sites (N-methyl/N-ethyl adjacent to an activating group) is 1. The van der Waals surface area contributed by atoms with Crippen LogP contribution in [0, 0.1) is 0 Å². The molecule has 2 aliphatic heterocycles. The number of oxime groups is 1. The van der Waals surface area contributed by atoms with Gasteiger partial charge in [-0.15, -0.1) is 0 Å². The van der Waals surface area contributed by atoms with Crippen LogP contribution < -0.4 is 19.9 Å². The highest BCUT2D eigenvalue weighted by Gasteiger charge is 2.34. The van der Waals surface area contributed by atoms with E-state index in [1.807, 2.05) is 18.0 Å². The van der Waals surface area contributed by atoms with Crippen molar-refractivity contribution >= 4 is 29.4 Å². The van der Waals surface area contributed by atoms with Crippen molar-refractivity contribution in [2.24, 2.45) is 5.16 Å². The van der Waals surface area contributed by atoms with Gasteiger partial charge in [-0.1, -0.05) is 5.16 Å². The summed E-state index contributed by atoms with van der Waals surface area (Å²) in [6.45, 7) is 6.07. The molecule has 1 N–H and O–H groups in total. The highest BCUT2D eigenvalue weighted by atomic mass is 16.6. The number of ether oxygens (including phenoxy) is 3. The Labute approximate surface area is 169 Å². The summed E-state index contributed by atoms with van der Waals surface area (Å²) in [4.78, 5) is 32.3. The van der Waals surface area contributed by atoms with Gasteiger partial charge in [0.25, 0.3) is 0 Å². The standard InChI is InChI=1S/C19H26N4O6/c1-19(2,3)29-17(24)20-9-13-10-23(18(25)28-13)12-6-7-14-15(8-12)27-11-16(21-26-5)22(14)4/h6-8,13H,9-11H2,1-5H3,(H,20,24)/t13-/m0/s1. The van der Waals surface area contributed by atoms with Gasteiger partial charge in [-0.3, -0.25) is 4.90 Å². The number of hydrogen-bond acceptors (Lipinski definition) is 7. The van der Waals surface area contributed by atoms with Gasteiger partial charge >= 0.3 is 12.2 Å². The normalized spacial score (nSPS) is 20.1. The SMILES string of the molecule is CON=C1COc2cc(N3C[C@H](CNC(=O)OC(C)(C)C)OC3=O)ccc2N1C. The van der Waals surface area contributed by atoms with Crippen LogP contribution in [0.25, 0.3) is 0 Å². The third-order valence-electron chi connectivity index (χ3n) is 4.30. The van der Waals surface area contributed by atoms with E-state index < -0.39 is 23.9 Å². The molecule has 1 aromatic rings. The summed E-state index contributed by atoms with van der Waals surface area (Å²) in [5.41, 5.74) is 0.868. The van der Waals surface area contributed by atoms with Gasteiger partial charge in [0.2, 0.25) is 0 Å². The molecule has 0 unspecified atom stereocenters. The van der Waals surface area contributed by atoms with E-state index in [1.165, 1.54) is 12.0 Å². The summed E-state index contributed by atoms with van der Waals surface area (Å²) < 4.78 is 16.3. The van der Waals surface area contributed by atoms with E-state index in [9.17, 15) is 9.59 Å². The number of benzene rings is 1. The van der Waals surface area contributed by atoms with Gasteiger partial charge in [-0.2, -0.15) is 0 Å². The second-order valence-electron chi connectivity index (χ2n) is 7.69. The summed E-state index contributed by atoms with van der Waals surface area (Å²) in [7, 11) is 3.34. The molecule has 0 aliphatic carbocycles. The van der Waals surface area contributed by atoms with Gasteiger partial charge in [-0.05, 0) is 32.9 Å². The lowest BCUT2D eigenvalue weighted by Crippen LogP contribution is -2.38. The number of fused-ring (bicyclic) bond motifs is 1. The van der Waals surface area contributed by atoms with Gasteiger partial charge in [0.05, 0.1) is 24.5 Å². The smallest absolute Gasteiger partial charge is 0.414 e. The van der Waals surface area contributed by atoms with E-state index in [4.69, 9.17) is 19.0 Å². The average Bonchev–Trinajstić information content (AvgIpc) is 3.01. The fourth-order valence-corrected chi connectivity index (χ4v) is 2.98. The van der Waals surface area contributed by atoms with Gasteiger partial charge in [-0.25, -0.2) is 9.59 Å². The van der Waals surface area contributed by atoms with Crippen LogP contribution in [0.15, 0.2) is 23.4 Å². The molecule has 0 saturated carbocycles. The Bertz CT molecular complexity index is 819. The molecule has 0 aromatic heterocycles. The van der Waals surface area contributed by atoms with E-state index in [2.05, 4.69) is 10.5 Å². The first-order chi connectivity index (χ1) is 13.7. The van der Waals surface area contributed by atoms with Crippen LogP contribution in [0.2, 0.25) is 0 Å². The maximum Gasteiger partial charge on any atom is 0.414 e. The quantitative estimate of drug-likeness (QED) is 0.766. The number of carbonyl (C=O) groups is 2. The van der Waals surface area contributed by atoms with Crippen molar-refractivity contribution < 1.29 is 28.6 Å². The number of amides is 2. The third kappa shape index (κ3) is 4.82. The van der Waals surface area contributed by atoms with Crippen LogP contribution >= 0.6 is 0 Å². The Hall–Kier alpha value is -3.17. The van der Waals surface area contributed by atoms with Gasteiger partial charge < -0.3 is 29.3 Å². The molecule has 158 valence electrons. The average molecular weight is 406 g/mol. The molecule has 3 rings (SSSR count). The molecule has 10 heteroatoms. The van der Waals surface area contributed by atoms with Gasteiger partial charge in [0.15, 0.2) is 5.84 Å². The number of rotatable bonds is 4. The van der Waals surface area contributed by atoms with Crippen LogP contribution in [0.1, 0.15) is 20.8 Å². The summed E-state index contributed by atoms with van der Waals surface area (Å²) in [6.07, 6.45) is -1.51. The van der Waals surface area contributed by atoms with Crippen LogP contribution in [0.4, 0.5) is 21.0 Å². The van der Waals surface area contributed by atoms with Crippen molar-refractivity contribution in [3.05, 3.63) is 18.2 Å². The first-order valence-electron chi connectivity index (χ1n) is 9.23. The Morgan fingerprint density at radius 3 is 2.83 bits per heavy atom. The summed E-state index contributed by atoms with van der Waals surface area (Å²) in [5, 5.41) is 6.56. The maximum atomic E-state index is 12.3. The van der Waals surface area contributed by atoms with Crippen molar-refractivity contribution in [2.45, 2.75) is 32.5 Å². The van der Waals surface area contributed by atoms with Crippen molar-refractivity contribution in [3.63, 3.8) is 0 Å². The summed E-state index contributed by atoms with van der Waals surface area (Å²) >= 11 is 0. The Morgan fingerprint density at radius 2 is 2.14 bits per heavy atom. The zero-order chi connectivity index (χ0) is 21.2. The zero-order valence-corrected chi connectivity index (χ0v) is 17.2. The van der Waals surface area contributed by atoms with E-state index in [0.717, 1.165) is 5.69 Å². The number of anilines is 2. The second-order valence-corrected chi connectivity index (χ2v) is 7.69. The van der Waals surface area contributed by atoms with E-state index in [1.54, 1.807) is 32.9 Å². The molecular weight excluding hydrogens is 380 g/mol. The molecule has 1 fully saturated rings. The lowest BCUT2D eigenvalue weighted by Gasteiger charge is -2.29. The monoisotopic (exact) mass is 406 g/mol. The third-order valence-corrected chi connectivity index (χ3v) is 4.30. The van der Waals surface area contributed by atoms with Crippen LogP contribution in [-0.2, 0) is 14.3 Å². The first-order valence-corrected chi connectivity index (χ1v) is 9.23. The predicted molar refractivity (Wildman–Crippen MR) is 107 cm³/mol. The molecule has 0 bridgehead atoms. The topological polar surface area (TPSA) is 102 Å². The molecule has 2 heterocycles. The van der Waals surface area contributed by atoms with E-state index in [0.29, 0.717) is 23.8 Å². The molecule has 29 heavy (non-hydrogen) atoms. The number of amidine groups is 1. The van der Waals surface area contributed by atoms with Crippen LogP contribution in [0.3, 0.4) is 0 Å². The van der Waals surface area contributed by atoms with Gasteiger partial charge in [0, 0.05) is 13.1 Å². The molecule has 1 atom stereocenters. The highest BCUT2D eigenvalue weighted by Crippen LogP contribution is 2.36. The predicted octanol–water partition coefficient (Wildman–Crippen LogP) is 2.33. The number of alkyl carbamates (subject to hydrolysis) is 1. The minimum atomic E-state index is -0.591. The summed E-state index contributed by atoms with van der Waals surface area (Å²) in [5.74, 6) is 1.27. The van der Waals surface area contributed by atoms with Crippen LogP contribution in [-0.4, -0.2) is 63.6 Å². The molecular formula is C19H26N4O6. The lowest BCUT2D eigenvalue weighted by atomic mass is 10.2. The van der Waals surface area contributed by atoms with E-state index >= 15 is 0 Å². The van der Waals surface area contributed by atoms with Crippen molar-refractivity contribution in [3.8, 4) is 5.75 Å². The molecule has 1 aromatic carbocycles. The zero-order valence-electron chi connectivity index (χ0n) is 17.2. The molecule has 10 nitrogen and oxygen atoms in total. The largest absolute Gasteiger partial charge is 0.483 e. The van der Waals surface area contributed by atoms with Crippen molar-refractivity contribution in [1.29, 1.82) is 0 Å². The number of carbonyl (C=O) groups excluding carboxylic acids is 2. The van der Waals surface area contributed by atoms with Crippen molar-refractivity contribution in [2.75, 3.05) is 43.7 Å². The lowest BCUT2D eigenvalue weighted by molar-refractivity contribution is 0.0496. The number of cyclic esters (lactones) is 1. The van der Waals surface area contributed by atoms with E-state index in [-0.39, 0.29) is 13.2 Å². The highest BCUT2D eigenvalue weighted by molar-refractivity contribution is 6.01. The van der Waals surface area contributed by atoms with Crippen LogP contribution in [0.5, 0.6) is 5.75 Å². The first kappa shape index (κ1) is 20.6. The van der Waals surface area contributed by atoms with Crippen molar-refractivity contribution in [1.82, 2.24) is 5.32 Å². The molecule has 1 saturated heterocycles. The molecule has 2 amide bonds. The maximum absolute atomic E-state index is 12.3. The Kier molecular flexibility index (Phi) is 5.71. The number of nitrogens with zero attached hydrogens (tertiary/aromatic N) is 3. The fourth-order valence-electron chi connectivity index (χ4n) is 2.98. The molecule has 0 radical (unpaired) electrons. The number of nitrogens with one attached hydrogen (secondary N) is 1. The number of hydrogen-bond donors (Lipinski definition) is 1. The van der Waals surface area contributed by atoms with Gasteiger partial charge in [0.1, 0.15) is 31.2 Å². The summed E-state index contributed by atoms with van der Waals surface area (Å²) in [6, 6.07) is 5.42.